The van der Waals surface area contributed by atoms with E-state index in [0.717, 1.165) is 0 Å². The molecular formula is C12H28OSn. The Kier molecular flexibility index (Phi) is 5.80. The topological polar surface area (TPSA) is 30.0 Å². The van der Waals surface area contributed by atoms with Crippen molar-refractivity contribution in [3.8, 4) is 0 Å². The molecule has 0 aromatic carbocycles. The zero-order valence-corrected chi connectivity index (χ0v) is 14.3. The summed E-state index contributed by atoms with van der Waals surface area (Å²) in [6.07, 6.45) is 0. The second-order valence-corrected chi connectivity index (χ2v) is 22.1. The molecule has 0 heterocycles. The van der Waals surface area contributed by atoms with Crippen LogP contribution in [0.4, 0.5) is 0 Å². The maximum Gasteiger partial charge on any atom is -0.870 e. The summed E-state index contributed by atoms with van der Waals surface area (Å²) in [4.78, 5) is 0. The fourth-order valence-corrected chi connectivity index (χ4v) is 22.6. The van der Waals surface area contributed by atoms with Crippen LogP contribution in [0.5, 0.6) is 0 Å². The molecule has 14 heavy (non-hydrogen) atoms. The summed E-state index contributed by atoms with van der Waals surface area (Å²) in [5.74, 6) is 0. The van der Waals surface area contributed by atoms with Crippen molar-refractivity contribution < 1.29 is 5.48 Å². The Morgan fingerprint density at radius 2 is 0.643 bits per heavy atom. The third kappa shape index (κ3) is 5.01. The van der Waals surface area contributed by atoms with Gasteiger partial charge in [-0.2, -0.15) is 0 Å². The largest absolute Gasteiger partial charge is 0.870 e. The molecule has 0 rings (SSSR count). The first-order valence-electron chi connectivity index (χ1n) is 5.25. The van der Waals surface area contributed by atoms with Gasteiger partial charge in [-0.25, -0.2) is 0 Å². The van der Waals surface area contributed by atoms with Gasteiger partial charge < -0.3 is 5.48 Å². The monoisotopic (exact) mass is 308 g/mol. The zero-order valence-electron chi connectivity index (χ0n) is 11.4. The molecule has 0 aliphatic carbocycles. The van der Waals surface area contributed by atoms with Gasteiger partial charge in [0, 0.05) is 0 Å². The van der Waals surface area contributed by atoms with Crippen LogP contribution in [0.1, 0.15) is 62.3 Å². The van der Waals surface area contributed by atoms with E-state index in [1.807, 2.05) is 0 Å². The molecule has 0 aliphatic heterocycles. The molecule has 0 aliphatic rings. The first kappa shape index (κ1) is 17.2. The molecule has 0 aromatic rings. The van der Waals surface area contributed by atoms with Crippen molar-refractivity contribution in [3.05, 3.63) is 0 Å². The Morgan fingerprint density at radius 3 is 0.643 bits per heavy atom. The van der Waals surface area contributed by atoms with Gasteiger partial charge >= 0.3 is 92.4 Å². The van der Waals surface area contributed by atoms with Crippen molar-refractivity contribution in [1.82, 2.24) is 0 Å². The molecule has 0 aromatic heterocycles. The normalized spacial score (nSPS) is 13.5. The molecule has 0 fully saturated rings. The van der Waals surface area contributed by atoms with E-state index in [1.54, 1.807) is 0 Å². The van der Waals surface area contributed by atoms with E-state index in [0.29, 0.717) is 10.3 Å². The van der Waals surface area contributed by atoms with E-state index in [9.17, 15) is 0 Å². The molecule has 0 bridgehead atoms. The van der Waals surface area contributed by atoms with E-state index in [1.165, 1.54) is 0 Å². The second kappa shape index (κ2) is 4.73. The number of rotatable bonds is 0. The van der Waals surface area contributed by atoms with Crippen LogP contribution in [-0.4, -0.2) is 25.2 Å². The van der Waals surface area contributed by atoms with Gasteiger partial charge in [0.15, 0.2) is 0 Å². The van der Waals surface area contributed by atoms with Crippen molar-refractivity contribution in [2.24, 2.45) is 0 Å². The van der Waals surface area contributed by atoms with Gasteiger partial charge in [0.2, 0.25) is 0 Å². The van der Waals surface area contributed by atoms with Crippen molar-refractivity contribution in [2.45, 2.75) is 72.6 Å². The third-order valence-corrected chi connectivity index (χ3v) is 15.1. The first-order valence-corrected chi connectivity index (χ1v) is 9.53. The van der Waals surface area contributed by atoms with Crippen LogP contribution in [0, 0.1) is 0 Å². The minimum absolute atomic E-state index is 0. The van der Waals surface area contributed by atoms with Gasteiger partial charge in [0.25, 0.3) is 0 Å². The summed E-state index contributed by atoms with van der Waals surface area (Å²) in [7, 11) is 0. The third-order valence-electron chi connectivity index (χ3n) is 2.25. The minimum Gasteiger partial charge on any atom is -0.870 e. The Bertz CT molecular complexity index is 133. The fourth-order valence-electron chi connectivity index (χ4n) is 3.38. The molecule has 0 saturated heterocycles. The molecule has 0 saturated carbocycles. The minimum atomic E-state index is -1.43. The van der Waals surface area contributed by atoms with Crippen LogP contribution in [0.3, 0.4) is 0 Å². The van der Waals surface area contributed by atoms with E-state index in [4.69, 9.17) is 0 Å². The molecular weight excluding hydrogens is 279 g/mol. The molecule has 1 nitrogen and oxygen atoms in total. The van der Waals surface area contributed by atoms with Crippen molar-refractivity contribution in [3.63, 3.8) is 0 Å². The summed E-state index contributed by atoms with van der Waals surface area (Å²) < 4.78 is 1.75. The molecule has 0 atom stereocenters. The van der Waals surface area contributed by atoms with Crippen molar-refractivity contribution in [2.75, 3.05) is 0 Å². The quantitative estimate of drug-likeness (QED) is 0.596. The predicted molar refractivity (Wildman–Crippen MR) is 66.8 cm³/mol. The van der Waals surface area contributed by atoms with Crippen molar-refractivity contribution in [1.29, 1.82) is 0 Å². The maximum absolute atomic E-state index is 2.44. The maximum atomic E-state index is 2.44. The fraction of sp³-hybridized carbons (Fsp3) is 1.00. The van der Waals surface area contributed by atoms with Crippen LogP contribution < -0.4 is 0 Å². The van der Waals surface area contributed by atoms with E-state index in [-0.39, 0.29) is 5.48 Å². The van der Waals surface area contributed by atoms with Gasteiger partial charge in [0.05, 0.1) is 0 Å². The van der Waals surface area contributed by atoms with Crippen LogP contribution in [-0.2, 0) is 0 Å². The summed E-state index contributed by atoms with van der Waals surface area (Å²) in [5, 5.41) is 0. The molecule has 2 heteroatoms. The van der Waals surface area contributed by atoms with Crippen LogP contribution in [0.2, 0.25) is 10.3 Å². The van der Waals surface area contributed by atoms with E-state index >= 15 is 0 Å². The summed E-state index contributed by atoms with van der Waals surface area (Å²) in [6, 6.07) is 0. The van der Waals surface area contributed by atoms with Crippen LogP contribution >= 0.6 is 0 Å². The average molecular weight is 307 g/mol. The second-order valence-electron chi connectivity index (χ2n) is 7.12. The molecule has 0 unspecified atom stereocenters. The number of hydrogen-bond acceptors (Lipinski definition) is 1. The Morgan fingerprint density at radius 1 is 0.500 bits per heavy atom. The van der Waals surface area contributed by atoms with E-state index < -0.39 is 19.8 Å². The SMILES string of the molecule is C[C](C)(C)[Sn+]([C](C)(C)C)[C](C)(C)C.[OH-]. The summed E-state index contributed by atoms with van der Waals surface area (Å²) in [5.41, 5.74) is 0. The summed E-state index contributed by atoms with van der Waals surface area (Å²) >= 11 is -1.43. The van der Waals surface area contributed by atoms with Crippen LogP contribution in [0.15, 0.2) is 0 Å². The molecule has 0 radical (unpaired) electrons. The number of hydrogen-bond donors (Lipinski definition) is 0. The average Bonchev–Trinajstić information content (AvgIpc) is 1.44. The van der Waals surface area contributed by atoms with Gasteiger partial charge in [-0.15, -0.1) is 0 Å². The predicted octanol–water partition coefficient (Wildman–Crippen LogP) is 4.70. The Hall–Kier alpha value is 0.759. The van der Waals surface area contributed by atoms with Gasteiger partial charge in [0.1, 0.15) is 0 Å². The molecule has 0 amide bonds. The standard InChI is InChI=1S/3C4H9.H2O.Sn/c3*1-4(2)3;;/h3*1-3H3;1H2;/q;;;;+1/p-1. The van der Waals surface area contributed by atoms with Crippen LogP contribution in [0.25, 0.3) is 0 Å². The first-order chi connectivity index (χ1) is 5.37. The Labute approximate surface area is 97.7 Å². The van der Waals surface area contributed by atoms with Gasteiger partial charge in [-0.3, -0.25) is 0 Å². The molecule has 0 spiro atoms. The molecule has 86 valence electrons. The van der Waals surface area contributed by atoms with Crippen molar-refractivity contribution >= 4 is 19.8 Å². The van der Waals surface area contributed by atoms with E-state index in [2.05, 4.69) is 62.3 Å². The van der Waals surface area contributed by atoms with Gasteiger partial charge in [-0.05, 0) is 0 Å². The summed E-state index contributed by atoms with van der Waals surface area (Å²) in [6.45, 7) is 22.0. The zero-order chi connectivity index (χ0) is 11.1. The molecule has 1 N–H and O–H groups in total. The van der Waals surface area contributed by atoms with Gasteiger partial charge in [-0.1, -0.05) is 0 Å². The Balaban J connectivity index is 0. The smallest absolute Gasteiger partial charge is 0.870 e.